The van der Waals surface area contributed by atoms with Crippen LogP contribution in [0, 0.1) is 13.8 Å². The summed E-state index contributed by atoms with van der Waals surface area (Å²) in [5, 5.41) is 0. The molecular formula is C35H36ClN8Os. The fourth-order valence-corrected chi connectivity index (χ4v) is 4.24. The molecule has 0 fully saturated rings. The summed E-state index contributed by atoms with van der Waals surface area (Å²) in [6.07, 6.45) is 12.9. The Morgan fingerprint density at radius 2 is 1.00 bits per heavy atom. The third-order valence-electron chi connectivity index (χ3n) is 6.22. The van der Waals surface area contributed by atoms with E-state index < -0.39 is 0 Å². The van der Waals surface area contributed by atoms with Crippen molar-refractivity contribution in [1.82, 2.24) is 38.6 Å². The van der Waals surface area contributed by atoms with Gasteiger partial charge in [0, 0.05) is 67.0 Å². The Bertz CT molecular complexity index is 1700. The number of aromatic nitrogens is 8. The normalized spacial score (nSPS) is 9.71. The topological polar surface area (TPSA) is 79.2 Å². The van der Waals surface area contributed by atoms with Gasteiger partial charge >= 0.3 is 27.2 Å². The summed E-state index contributed by atoms with van der Waals surface area (Å²) in [5.74, 6) is 1.73. The fraction of sp³-hybridized carbons (Fsp3) is 0.114. The zero-order valence-corrected chi connectivity index (χ0v) is 27.9. The number of halogens is 1. The monoisotopic (exact) mass is 795 g/mol. The minimum absolute atomic E-state index is 0. The maximum atomic E-state index is 4.67. The van der Waals surface area contributed by atoms with Gasteiger partial charge < -0.3 is 4.57 Å². The van der Waals surface area contributed by atoms with E-state index >= 15 is 0 Å². The van der Waals surface area contributed by atoms with Crippen LogP contribution < -0.4 is 0 Å². The van der Waals surface area contributed by atoms with Gasteiger partial charge in [-0.05, 0) is 62.4 Å². The van der Waals surface area contributed by atoms with Gasteiger partial charge in [-0.15, -0.1) is 0 Å². The summed E-state index contributed by atoms with van der Waals surface area (Å²) < 4.78 is 5.98. The first-order valence-corrected chi connectivity index (χ1v) is 16.8. The number of para-hydroxylation sites is 2. The van der Waals surface area contributed by atoms with Gasteiger partial charge in [0.25, 0.3) is 0 Å². The van der Waals surface area contributed by atoms with E-state index in [1.165, 1.54) is 17.6 Å². The molecule has 0 N–H and O–H groups in total. The van der Waals surface area contributed by atoms with Crippen LogP contribution in [0.2, 0.25) is 0 Å². The maximum absolute atomic E-state index is 4.67. The first-order valence-electron chi connectivity index (χ1n) is 13.7. The Kier molecular flexibility index (Phi) is 14.1. The number of rotatable bonds is 4. The third-order valence-corrected chi connectivity index (χ3v) is 6.22. The molecular weight excluding hydrogens is 758 g/mol. The molecule has 0 aliphatic rings. The van der Waals surface area contributed by atoms with Crippen molar-refractivity contribution in [1.29, 1.82) is 0 Å². The Morgan fingerprint density at radius 1 is 0.556 bits per heavy atom. The second-order valence-corrected chi connectivity index (χ2v) is 9.47. The molecule has 8 nitrogen and oxygen atoms in total. The molecule has 0 bridgehead atoms. The molecule has 5 heterocycles. The molecule has 0 amide bonds. The van der Waals surface area contributed by atoms with E-state index in [0.717, 1.165) is 45.8 Å². The molecule has 2 aromatic carbocycles. The molecule has 0 saturated carbocycles. The molecule has 7 rings (SSSR count). The number of pyridine rings is 2. The first-order chi connectivity index (χ1) is 21.6. The molecule has 0 aliphatic heterocycles. The molecule has 0 aliphatic carbocycles. The van der Waals surface area contributed by atoms with Crippen molar-refractivity contribution >= 4 is 9.64 Å². The van der Waals surface area contributed by atoms with Gasteiger partial charge in [-0.1, -0.05) is 56.0 Å². The number of imidazole rings is 3. The van der Waals surface area contributed by atoms with Crippen LogP contribution >= 0.6 is 9.64 Å². The second-order valence-electron chi connectivity index (χ2n) is 9.47. The van der Waals surface area contributed by atoms with Crippen LogP contribution in [0.4, 0.5) is 0 Å². The number of hydrogen-bond donors (Lipinski definition) is 0. The molecule has 10 heteroatoms. The number of nitrogens with zero attached hydrogens (tertiary/aromatic N) is 8. The molecule has 231 valence electrons. The van der Waals surface area contributed by atoms with Crippen LogP contribution in [0.3, 0.4) is 0 Å². The Labute approximate surface area is 279 Å². The molecule has 45 heavy (non-hydrogen) atoms. The van der Waals surface area contributed by atoms with Crippen LogP contribution in [-0.2, 0) is 24.6 Å². The summed E-state index contributed by atoms with van der Waals surface area (Å²) in [6.45, 7) is 3.97. The van der Waals surface area contributed by atoms with Gasteiger partial charge in [0.05, 0.1) is 6.33 Å². The van der Waals surface area contributed by atoms with Gasteiger partial charge in [-0.3, -0.25) is 9.13 Å². The van der Waals surface area contributed by atoms with Crippen LogP contribution in [0.25, 0.3) is 34.4 Å². The number of hydrogen-bond acceptors (Lipinski definition) is 5. The van der Waals surface area contributed by atoms with Crippen molar-refractivity contribution in [3.05, 3.63) is 152 Å². The van der Waals surface area contributed by atoms with Gasteiger partial charge in [0.2, 0.25) is 0 Å². The van der Waals surface area contributed by atoms with E-state index in [0.29, 0.717) is 0 Å². The average molecular weight is 794 g/mol. The van der Waals surface area contributed by atoms with E-state index in [2.05, 4.69) is 58.8 Å². The summed E-state index contributed by atoms with van der Waals surface area (Å²) in [7, 11) is 6.60. The first kappa shape index (κ1) is 34.8. The van der Waals surface area contributed by atoms with Crippen molar-refractivity contribution in [2.24, 2.45) is 7.05 Å². The molecule has 0 spiro atoms. The molecule has 0 saturated heterocycles. The van der Waals surface area contributed by atoms with E-state index in [4.69, 9.17) is 0 Å². The molecule has 0 unspecified atom stereocenters. The van der Waals surface area contributed by atoms with Crippen molar-refractivity contribution in [2.75, 3.05) is 0 Å². The van der Waals surface area contributed by atoms with E-state index in [1.807, 2.05) is 126 Å². The molecule has 7 aromatic rings. The number of benzene rings is 2. The van der Waals surface area contributed by atoms with Crippen molar-refractivity contribution in [3.8, 4) is 34.4 Å². The zero-order chi connectivity index (χ0) is 31.1. The Hall–Kier alpha value is -4.70. The van der Waals surface area contributed by atoms with Crippen molar-refractivity contribution in [3.63, 3.8) is 0 Å². The zero-order valence-electron chi connectivity index (χ0n) is 24.6. The van der Waals surface area contributed by atoms with E-state index in [1.54, 1.807) is 24.9 Å². The minimum atomic E-state index is 0. The van der Waals surface area contributed by atoms with Gasteiger partial charge in [-0.25, -0.2) is 24.9 Å². The van der Waals surface area contributed by atoms with E-state index in [9.17, 15) is 0 Å². The standard InChI is InChI=1S/2C15H13N3.C4H6N2.CH4.ClH.Os/c2*1-12-6-5-9-14(17-12)15-16-10-11-18(15)13-7-3-2-4-8-13;1-6-3-2-5-4-6;;;/h2*2-11H,1H3;2-4H,1H3;1H4;1H;/q;;;;;+1/p-1. The van der Waals surface area contributed by atoms with Crippen molar-refractivity contribution in [2.45, 2.75) is 21.3 Å². The predicted molar refractivity (Wildman–Crippen MR) is 179 cm³/mol. The average Bonchev–Trinajstić information content (AvgIpc) is 3.86. The van der Waals surface area contributed by atoms with Gasteiger partial charge in [-0.2, -0.15) is 0 Å². The predicted octanol–water partition coefficient (Wildman–Crippen LogP) is 8.23. The number of aryl methyl sites for hydroxylation is 3. The second kappa shape index (κ2) is 18.2. The van der Waals surface area contributed by atoms with Gasteiger partial charge in [0.1, 0.15) is 11.4 Å². The fourth-order valence-electron chi connectivity index (χ4n) is 4.24. The molecule has 0 atom stereocenters. The van der Waals surface area contributed by atoms with E-state index in [-0.39, 0.29) is 7.43 Å². The summed E-state index contributed by atoms with van der Waals surface area (Å²) in [5.41, 5.74) is 5.96. The quantitative estimate of drug-likeness (QED) is 0.180. The summed E-state index contributed by atoms with van der Waals surface area (Å²) in [6, 6.07) is 32.2. The Morgan fingerprint density at radius 3 is 1.33 bits per heavy atom. The summed E-state index contributed by atoms with van der Waals surface area (Å²) in [4.78, 5) is 21.6. The van der Waals surface area contributed by atoms with Crippen molar-refractivity contribution < 1.29 is 17.6 Å². The summed E-state index contributed by atoms with van der Waals surface area (Å²) >= 11 is 1.33. The van der Waals surface area contributed by atoms with Crippen LogP contribution in [0.1, 0.15) is 18.8 Å². The van der Waals surface area contributed by atoms with Crippen LogP contribution in [0.5, 0.6) is 0 Å². The van der Waals surface area contributed by atoms with Crippen LogP contribution in [-0.4, -0.2) is 38.6 Å². The van der Waals surface area contributed by atoms with Gasteiger partial charge in [0.15, 0.2) is 11.6 Å². The SMILES string of the molecule is C.Cc1cccc(-c2nccn2-c2ccccc2)n1.Cc1cccc(-c2nccn2-c2ccccc2)n1.Cn1ccnc1.[Cl][Os]. The van der Waals surface area contributed by atoms with Crippen LogP contribution in [0.15, 0.2) is 141 Å². The Balaban J connectivity index is 0.000000195. The third kappa shape index (κ3) is 9.90. The molecule has 5 aromatic heterocycles. The molecule has 0 radical (unpaired) electrons.